The molecule has 1 aromatic rings. The van der Waals surface area contributed by atoms with Crippen molar-refractivity contribution in [2.24, 2.45) is 5.92 Å². The molecule has 0 aliphatic carbocycles. The summed E-state index contributed by atoms with van der Waals surface area (Å²) in [5.41, 5.74) is 0.520. The number of carbonyl (C=O) groups excluding carboxylic acids is 4. The van der Waals surface area contributed by atoms with Crippen molar-refractivity contribution in [3.8, 4) is 0 Å². The van der Waals surface area contributed by atoms with E-state index in [0.29, 0.717) is 0 Å². The van der Waals surface area contributed by atoms with Gasteiger partial charge >= 0.3 is 17.9 Å². The topological polar surface area (TPSA) is 96.0 Å². The van der Waals surface area contributed by atoms with Crippen LogP contribution in [0, 0.1) is 5.92 Å². The molecule has 124 valence electrons. The van der Waals surface area contributed by atoms with Crippen molar-refractivity contribution in [2.75, 3.05) is 21.3 Å². The summed E-state index contributed by atoms with van der Waals surface area (Å²) in [4.78, 5) is 46.8. The predicted molar refractivity (Wildman–Crippen MR) is 78.9 cm³/mol. The molecule has 1 aromatic carbocycles. The Hall–Kier alpha value is -2.70. The molecule has 7 heteroatoms. The Labute approximate surface area is 133 Å². The molecule has 0 heterocycles. The minimum Gasteiger partial charge on any atom is -0.469 e. The van der Waals surface area contributed by atoms with E-state index in [0.717, 1.165) is 0 Å². The molecule has 0 aromatic heterocycles. The van der Waals surface area contributed by atoms with E-state index in [-0.39, 0.29) is 24.0 Å². The van der Waals surface area contributed by atoms with Gasteiger partial charge in [-0.1, -0.05) is 12.1 Å². The number of ketones is 1. The van der Waals surface area contributed by atoms with Crippen molar-refractivity contribution in [3.05, 3.63) is 35.4 Å². The summed E-state index contributed by atoms with van der Waals surface area (Å²) in [6, 6.07) is 5.69. The monoisotopic (exact) mass is 322 g/mol. The summed E-state index contributed by atoms with van der Waals surface area (Å²) < 4.78 is 13.7. The normalized spacial score (nSPS) is 11.3. The van der Waals surface area contributed by atoms with Gasteiger partial charge in [-0.15, -0.1) is 0 Å². The fourth-order valence-corrected chi connectivity index (χ4v) is 1.95. The highest BCUT2D eigenvalue weighted by molar-refractivity contribution is 6.09. The van der Waals surface area contributed by atoms with E-state index in [4.69, 9.17) is 0 Å². The smallest absolute Gasteiger partial charge is 0.337 e. The van der Waals surface area contributed by atoms with Crippen molar-refractivity contribution in [1.29, 1.82) is 0 Å². The molecule has 0 aliphatic heterocycles. The van der Waals surface area contributed by atoms with Gasteiger partial charge in [0.05, 0.1) is 26.9 Å². The Morgan fingerprint density at radius 3 is 1.91 bits per heavy atom. The van der Waals surface area contributed by atoms with E-state index in [9.17, 15) is 19.2 Å². The highest BCUT2D eigenvalue weighted by Gasteiger charge is 2.29. The molecule has 0 fully saturated rings. The van der Waals surface area contributed by atoms with Gasteiger partial charge in [0.1, 0.15) is 5.92 Å². The average molecular weight is 322 g/mol. The van der Waals surface area contributed by atoms with Gasteiger partial charge in [-0.05, 0) is 18.6 Å². The molecular weight excluding hydrogens is 304 g/mol. The fraction of sp³-hybridized carbons (Fsp3) is 0.375. The lowest BCUT2D eigenvalue weighted by molar-refractivity contribution is -0.145. The lowest BCUT2D eigenvalue weighted by Crippen LogP contribution is -2.26. The first-order valence-electron chi connectivity index (χ1n) is 6.81. The van der Waals surface area contributed by atoms with Gasteiger partial charge in [-0.2, -0.15) is 0 Å². The molecule has 0 bridgehead atoms. The van der Waals surface area contributed by atoms with Crippen LogP contribution in [0.3, 0.4) is 0 Å². The van der Waals surface area contributed by atoms with Gasteiger partial charge in [-0.25, -0.2) is 4.79 Å². The van der Waals surface area contributed by atoms with Crippen LogP contribution in [0.1, 0.15) is 33.6 Å². The van der Waals surface area contributed by atoms with Crippen molar-refractivity contribution >= 4 is 23.7 Å². The number of hydrogen-bond acceptors (Lipinski definition) is 7. The minimum atomic E-state index is -1.11. The number of rotatable bonds is 7. The number of benzene rings is 1. The average Bonchev–Trinajstić information content (AvgIpc) is 2.60. The van der Waals surface area contributed by atoms with Gasteiger partial charge in [0.2, 0.25) is 0 Å². The Kier molecular flexibility index (Phi) is 6.92. The minimum absolute atomic E-state index is 0.0169. The van der Waals surface area contributed by atoms with Crippen molar-refractivity contribution in [1.82, 2.24) is 0 Å². The van der Waals surface area contributed by atoms with E-state index in [2.05, 4.69) is 14.2 Å². The molecule has 0 amide bonds. The molecule has 0 radical (unpaired) electrons. The fourth-order valence-electron chi connectivity index (χ4n) is 1.95. The second-order valence-corrected chi connectivity index (χ2v) is 4.62. The summed E-state index contributed by atoms with van der Waals surface area (Å²) in [6.07, 6.45) is -0.0980. The van der Waals surface area contributed by atoms with Gasteiger partial charge in [0.15, 0.2) is 5.78 Å². The molecule has 1 unspecified atom stereocenters. The van der Waals surface area contributed by atoms with Gasteiger partial charge in [-0.3, -0.25) is 14.4 Å². The lowest BCUT2D eigenvalue weighted by atomic mass is 9.93. The van der Waals surface area contributed by atoms with Crippen molar-refractivity contribution in [3.63, 3.8) is 0 Å². The Balaban J connectivity index is 2.93. The van der Waals surface area contributed by atoms with Crippen LogP contribution in [0.15, 0.2) is 24.3 Å². The summed E-state index contributed by atoms with van der Waals surface area (Å²) in [5, 5.41) is 0. The zero-order valence-electron chi connectivity index (χ0n) is 13.2. The Morgan fingerprint density at radius 2 is 1.43 bits per heavy atom. The first kappa shape index (κ1) is 18.3. The quantitative estimate of drug-likeness (QED) is 0.324. The molecule has 0 saturated heterocycles. The van der Waals surface area contributed by atoms with E-state index in [1.807, 2.05) is 0 Å². The number of esters is 3. The van der Waals surface area contributed by atoms with Crippen LogP contribution >= 0.6 is 0 Å². The van der Waals surface area contributed by atoms with Crippen LogP contribution in [0.4, 0.5) is 0 Å². The number of hydrogen-bond donors (Lipinski definition) is 0. The van der Waals surface area contributed by atoms with Crippen LogP contribution in [0.2, 0.25) is 0 Å². The summed E-state index contributed by atoms with van der Waals surface area (Å²) in [6.45, 7) is 0. The molecule has 1 rings (SSSR count). The van der Waals surface area contributed by atoms with E-state index in [1.54, 1.807) is 0 Å². The Morgan fingerprint density at radius 1 is 0.870 bits per heavy atom. The highest BCUT2D eigenvalue weighted by atomic mass is 16.5. The third-order valence-corrected chi connectivity index (χ3v) is 3.26. The van der Waals surface area contributed by atoms with Crippen LogP contribution in [0.5, 0.6) is 0 Å². The van der Waals surface area contributed by atoms with Gasteiger partial charge in [0, 0.05) is 12.0 Å². The van der Waals surface area contributed by atoms with E-state index in [1.165, 1.54) is 45.6 Å². The third kappa shape index (κ3) is 4.91. The maximum absolute atomic E-state index is 12.4. The van der Waals surface area contributed by atoms with Crippen LogP contribution in [-0.4, -0.2) is 45.0 Å². The number of carbonyl (C=O) groups is 4. The van der Waals surface area contributed by atoms with Gasteiger partial charge in [0.25, 0.3) is 0 Å². The maximum atomic E-state index is 12.4. The maximum Gasteiger partial charge on any atom is 0.337 e. The third-order valence-electron chi connectivity index (χ3n) is 3.26. The zero-order chi connectivity index (χ0) is 17.4. The van der Waals surface area contributed by atoms with E-state index >= 15 is 0 Å². The zero-order valence-corrected chi connectivity index (χ0v) is 13.2. The largest absolute Gasteiger partial charge is 0.469 e. The number of methoxy groups -OCH3 is 3. The number of Topliss-reactive ketones (excluding diaryl/α,β-unsaturated/α-hetero) is 1. The first-order chi connectivity index (χ1) is 10.9. The highest BCUT2D eigenvalue weighted by Crippen LogP contribution is 2.17. The number of ether oxygens (including phenoxy) is 3. The molecule has 0 aliphatic rings. The summed E-state index contributed by atoms with van der Waals surface area (Å²) >= 11 is 0. The molecule has 23 heavy (non-hydrogen) atoms. The van der Waals surface area contributed by atoms with E-state index < -0.39 is 29.6 Å². The predicted octanol–water partition coefficient (Wildman–Crippen LogP) is 1.40. The molecule has 0 spiro atoms. The molecule has 0 saturated carbocycles. The standard InChI is InChI=1S/C16H18O7/c1-21-13(17)9-8-12(16(20)23-3)14(18)10-4-6-11(7-5-10)15(19)22-2/h4-7,12H,8-9H2,1-3H3. The molecular formula is C16H18O7. The van der Waals surface area contributed by atoms with Crippen LogP contribution < -0.4 is 0 Å². The first-order valence-corrected chi connectivity index (χ1v) is 6.81. The second-order valence-electron chi connectivity index (χ2n) is 4.62. The molecule has 0 N–H and O–H groups in total. The molecule has 7 nitrogen and oxygen atoms in total. The van der Waals surface area contributed by atoms with Crippen molar-refractivity contribution < 1.29 is 33.4 Å². The summed E-state index contributed by atoms with van der Waals surface area (Å²) in [7, 11) is 3.64. The second kappa shape index (κ2) is 8.67. The SMILES string of the molecule is COC(=O)CCC(C(=O)OC)C(=O)c1ccc(C(=O)OC)cc1. The van der Waals surface area contributed by atoms with Crippen LogP contribution in [-0.2, 0) is 23.8 Å². The summed E-state index contributed by atoms with van der Waals surface area (Å²) in [5.74, 6) is -3.37. The van der Waals surface area contributed by atoms with Gasteiger partial charge < -0.3 is 14.2 Å². The molecule has 1 atom stereocenters. The van der Waals surface area contributed by atoms with Crippen molar-refractivity contribution in [2.45, 2.75) is 12.8 Å². The van der Waals surface area contributed by atoms with Crippen LogP contribution in [0.25, 0.3) is 0 Å². The lowest BCUT2D eigenvalue weighted by Gasteiger charge is -2.13. The Bertz CT molecular complexity index is 589.